The van der Waals surface area contributed by atoms with E-state index in [-0.39, 0.29) is 5.69 Å². The largest absolute Gasteiger partial charge is 0.287 e. The number of benzene rings is 2. The van der Waals surface area contributed by atoms with E-state index in [0.717, 1.165) is 21.9 Å². The molecular weight excluding hydrogens is 274 g/mol. The summed E-state index contributed by atoms with van der Waals surface area (Å²) in [4.78, 5) is 14.9. The summed E-state index contributed by atoms with van der Waals surface area (Å²) in [5.74, 6) is 0. The number of aromatic nitrogens is 2. The van der Waals surface area contributed by atoms with Crippen LogP contribution in [0.15, 0.2) is 53.7 Å². The third kappa shape index (κ3) is 2.04. The van der Waals surface area contributed by atoms with E-state index >= 15 is 0 Å². The predicted octanol–water partition coefficient (Wildman–Crippen LogP) is 3.66. The average Bonchev–Trinajstić information content (AvgIpc) is 2.85. The van der Waals surface area contributed by atoms with Gasteiger partial charge in [0.15, 0.2) is 5.16 Å². The van der Waals surface area contributed by atoms with Gasteiger partial charge in [0.2, 0.25) is 0 Å². The van der Waals surface area contributed by atoms with Crippen LogP contribution in [0.4, 0.5) is 5.69 Å². The Morgan fingerprint density at radius 1 is 1.15 bits per heavy atom. The van der Waals surface area contributed by atoms with Crippen LogP contribution in [0.3, 0.4) is 0 Å². The Balaban J connectivity index is 2.20. The average molecular weight is 285 g/mol. The van der Waals surface area contributed by atoms with Crippen molar-refractivity contribution < 1.29 is 4.92 Å². The van der Waals surface area contributed by atoms with E-state index in [1.54, 1.807) is 23.9 Å². The van der Waals surface area contributed by atoms with Crippen molar-refractivity contribution in [3.63, 3.8) is 0 Å². The highest BCUT2D eigenvalue weighted by Gasteiger charge is 2.12. The Labute approximate surface area is 119 Å². The summed E-state index contributed by atoms with van der Waals surface area (Å²) in [5, 5.41) is 11.6. The highest BCUT2D eigenvalue weighted by atomic mass is 32.2. The van der Waals surface area contributed by atoms with Crippen LogP contribution in [0.2, 0.25) is 0 Å². The number of non-ortho nitro benzene ring substituents is 1. The summed E-state index contributed by atoms with van der Waals surface area (Å²) in [6.07, 6.45) is 1.96. The van der Waals surface area contributed by atoms with E-state index in [1.807, 2.05) is 35.1 Å². The third-order valence-corrected chi connectivity index (χ3v) is 3.67. The van der Waals surface area contributed by atoms with Gasteiger partial charge in [0, 0.05) is 17.8 Å². The van der Waals surface area contributed by atoms with Crippen LogP contribution in [0.5, 0.6) is 0 Å². The molecule has 5 nitrogen and oxygen atoms in total. The van der Waals surface area contributed by atoms with Gasteiger partial charge in [0.05, 0.1) is 16.0 Å². The topological polar surface area (TPSA) is 61.0 Å². The van der Waals surface area contributed by atoms with E-state index < -0.39 is 4.92 Å². The summed E-state index contributed by atoms with van der Waals surface area (Å²) in [7, 11) is 0. The lowest BCUT2D eigenvalue weighted by Gasteiger charge is -2.07. The van der Waals surface area contributed by atoms with Gasteiger partial charge < -0.3 is 0 Å². The summed E-state index contributed by atoms with van der Waals surface area (Å²) < 4.78 is 2.00. The van der Waals surface area contributed by atoms with Crippen LogP contribution >= 0.6 is 11.8 Å². The maximum atomic E-state index is 10.7. The lowest BCUT2D eigenvalue weighted by atomic mass is 10.2. The zero-order chi connectivity index (χ0) is 14.1. The third-order valence-electron chi connectivity index (χ3n) is 3.03. The second-order valence-electron chi connectivity index (χ2n) is 4.20. The monoisotopic (exact) mass is 285 g/mol. The minimum atomic E-state index is -0.398. The summed E-state index contributed by atoms with van der Waals surface area (Å²) >= 11 is 1.54. The number of hydrogen-bond acceptors (Lipinski definition) is 4. The molecule has 1 aromatic heterocycles. The Morgan fingerprint density at radius 2 is 1.85 bits per heavy atom. The number of thioether (sulfide) groups is 1. The van der Waals surface area contributed by atoms with E-state index in [1.165, 1.54) is 12.1 Å². The Kier molecular flexibility index (Phi) is 3.15. The first kappa shape index (κ1) is 12.7. The lowest BCUT2D eigenvalue weighted by molar-refractivity contribution is -0.384. The summed E-state index contributed by atoms with van der Waals surface area (Å²) in [6, 6.07) is 14.3. The SMILES string of the molecule is CSc1nc2ccccc2n1-c1ccc([N+](=O)[O-])cc1. The first-order valence-electron chi connectivity index (χ1n) is 5.97. The highest BCUT2D eigenvalue weighted by Crippen LogP contribution is 2.27. The molecule has 20 heavy (non-hydrogen) atoms. The number of hydrogen-bond donors (Lipinski definition) is 0. The fraction of sp³-hybridized carbons (Fsp3) is 0.0714. The quantitative estimate of drug-likeness (QED) is 0.418. The standard InChI is InChI=1S/C14H11N3O2S/c1-20-14-15-12-4-2-3-5-13(12)16(14)10-6-8-11(9-7-10)17(18)19/h2-9H,1H3. The molecule has 100 valence electrons. The molecule has 0 atom stereocenters. The van der Waals surface area contributed by atoms with Crippen molar-refractivity contribution in [3.05, 3.63) is 58.6 Å². The van der Waals surface area contributed by atoms with Gasteiger partial charge in [0.25, 0.3) is 5.69 Å². The second kappa shape index (κ2) is 4.97. The zero-order valence-electron chi connectivity index (χ0n) is 10.7. The molecular formula is C14H11N3O2S. The van der Waals surface area contributed by atoms with Crippen molar-refractivity contribution in [2.45, 2.75) is 5.16 Å². The van der Waals surface area contributed by atoms with Crippen LogP contribution < -0.4 is 0 Å². The van der Waals surface area contributed by atoms with Gasteiger partial charge in [-0.1, -0.05) is 23.9 Å². The van der Waals surface area contributed by atoms with Crippen molar-refractivity contribution in [3.8, 4) is 5.69 Å². The predicted molar refractivity (Wildman–Crippen MR) is 79.5 cm³/mol. The first-order valence-corrected chi connectivity index (χ1v) is 7.19. The van der Waals surface area contributed by atoms with Gasteiger partial charge in [-0.15, -0.1) is 0 Å². The van der Waals surface area contributed by atoms with Gasteiger partial charge in [0.1, 0.15) is 0 Å². The van der Waals surface area contributed by atoms with E-state index in [9.17, 15) is 10.1 Å². The number of para-hydroxylation sites is 2. The smallest absolute Gasteiger partial charge is 0.269 e. The molecule has 3 rings (SSSR count). The summed E-state index contributed by atoms with van der Waals surface area (Å²) in [6.45, 7) is 0. The van der Waals surface area contributed by atoms with E-state index in [2.05, 4.69) is 4.98 Å². The number of imidazole rings is 1. The molecule has 0 N–H and O–H groups in total. The molecule has 0 aliphatic heterocycles. The highest BCUT2D eigenvalue weighted by molar-refractivity contribution is 7.98. The molecule has 0 aliphatic rings. The molecule has 0 unspecified atom stereocenters. The maximum Gasteiger partial charge on any atom is 0.269 e. The van der Waals surface area contributed by atoms with Crippen molar-refractivity contribution in [1.82, 2.24) is 9.55 Å². The van der Waals surface area contributed by atoms with Gasteiger partial charge in [-0.2, -0.15) is 0 Å². The molecule has 0 saturated carbocycles. The molecule has 0 bridgehead atoms. The summed E-state index contributed by atoms with van der Waals surface area (Å²) in [5.41, 5.74) is 2.86. The normalized spacial score (nSPS) is 10.8. The van der Waals surface area contributed by atoms with E-state index in [0.29, 0.717) is 0 Å². The van der Waals surface area contributed by atoms with Crippen molar-refractivity contribution in [2.75, 3.05) is 6.26 Å². The molecule has 1 heterocycles. The number of nitrogens with zero attached hydrogens (tertiary/aromatic N) is 3. The van der Waals surface area contributed by atoms with Crippen LogP contribution in [0.1, 0.15) is 0 Å². The number of nitro groups is 1. The van der Waals surface area contributed by atoms with Crippen molar-refractivity contribution in [2.24, 2.45) is 0 Å². The second-order valence-corrected chi connectivity index (χ2v) is 4.97. The number of fused-ring (bicyclic) bond motifs is 1. The minimum Gasteiger partial charge on any atom is -0.287 e. The molecule has 0 spiro atoms. The molecule has 6 heteroatoms. The minimum absolute atomic E-state index is 0.0869. The zero-order valence-corrected chi connectivity index (χ0v) is 11.5. The van der Waals surface area contributed by atoms with Crippen LogP contribution in [0, 0.1) is 10.1 Å². The van der Waals surface area contributed by atoms with E-state index in [4.69, 9.17) is 0 Å². The molecule has 2 aromatic carbocycles. The Morgan fingerprint density at radius 3 is 2.50 bits per heavy atom. The first-order chi connectivity index (χ1) is 9.70. The fourth-order valence-corrected chi connectivity index (χ4v) is 2.69. The van der Waals surface area contributed by atoms with Crippen molar-refractivity contribution in [1.29, 1.82) is 0 Å². The molecule has 0 fully saturated rings. The van der Waals surface area contributed by atoms with Crippen LogP contribution in [0.25, 0.3) is 16.7 Å². The number of nitro benzene ring substituents is 1. The Bertz CT molecular complexity index is 781. The van der Waals surface area contributed by atoms with Gasteiger partial charge in [-0.3, -0.25) is 14.7 Å². The number of rotatable bonds is 3. The van der Waals surface area contributed by atoms with Gasteiger partial charge in [-0.05, 0) is 30.5 Å². The molecule has 0 aliphatic carbocycles. The maximum absolute atomic E-state index is 10.7. The van der Waals surface area contributed by atoms with Crippen molar-refractivity contribution >= 4 is 28.5 Å². The molecule has 0 amide bonds. The Hall–Kier alpha value is -2.34. The van der Waals surface area contributed by atoms with Crippen LogP contribution in [-0.2, 0) is 0 Å². The van der Waals surface area contributed by atoms with Gasteiger partial charge >= 0.3 is 0 Å². The van der Waals surface area contributed by atoms with Crippen LogP contribution in [-0.4, -0.2) is 20.7 Å². The van der Waals surface area contributed by atoms with Gasteiger partial charge in [-0.25, -0.2) is 4.98 Å². The molecule has 0 saturated heterocycles. The molecule has 3 aromatic rings. The lowest BCUT2D eigenvalue weighted by Crippen LogP contribution is -1.96. The molecule has 0 radical (unpaired) electrons. The fourth-order valence-electron chi connectivity index (χ4n) is 2.11.